The van der Waals surface area contributed by atoms with E-state index in [9.17, 15) is 4.79 Å². The van der Waals surface area contributed by atoms with Crippen LogP contribution in [0.4, 0.5) is 0 Å². The van der Waals surface area contributed by atoms with Gasteiger partial charge in [-0.15, -0.1) is 0 Å². The summed E-state index contributed by atoms with van der Waals surface area (Å²) in [6.45, 7) is 0. The number of hydrogen-bond acceptors (Lipinski definition) is 4. The van der Waals surface area contributed by atoms with Crippen molar-refractivity contribution in [2.24, 2.45) is 11.7 Å². The lowest BCUT2D eigenvalue weighted by Crippen LogP contribution is -2.17. The number of nitrogens with two attached hydrogens (primary N) is 1. The smallest absolute Gasteiger partial charge is 0.348 e. The van der Waals surface area contributed by atoms with Gasteiger partial charge >= 0.3 is 5.63 Å². The number of hydrogen-bond donors (Lipinski definition) is 1. The van der Waals surface area contributed by atoms with Crippen LogP contribution in [0.15, 0.2) is 27.4 Å². The van der Waals surface area contributed by atoms with Crippen LogP contribution in [0.1, 0.15) is 24.8 Å². The first kappa shape index (κ1) is 10.7. The lowest BCUT2D eigenvalue weighted by molar-refractivity contribution is 0.390. The van der Waals surface area contributed by atoms with Crippen molar-refractivity contribution < 1.29 is 4.42 Å². The summed E-state index contributed by atoms with van der Waals surface area (Å²) in [5.41, 5.74) is 6.05. The second kappa shape index (κ2) is 3.82. The number of halogens is 1. The van der Waals surface area contributed by atoms with Crippen molar-refractivity contribution in [3.05, 3.63) is 39.5 Å². The Kier molecular flexibility index (Phi) is 2.42. The summed E-state index contributed by atoms with van der Waals surface area (Å²) in [5, 5.41) is 0.677. The Hall–Kier alpha value is -1.39. The predicted octanol–water partition coefficient (Wildman–Crippen LogP) is 2.25. The van der Waals surface area contributed by atoms with Gasteiger partial charge < -0.3 is 10.2 Å². The Morgan fingerprint density at radius 3 is 2.94 bits per heavy atom. The van der Waals surface area contributed by atoms with Crippen LogP contribution in [0.3, 0.4) is 0 Å². The summed E-state index contributed by atoms with van der Waals surface area (Å²) in [6, 6.07) is 4.85. The van der Waals surface area contributed by atoms with Crippen molar-refractivity contribution in [2.45, 2.75) is 18.9 Å². The predicted molar refractivity (Wildman–Crippen MR) is 64.9 cm³/mol. The SMILES string of the molecule is NC(c1nc2cccc(Cl)c2c(=O)o1)C1CC1. The zero-order valence-electron chi connectivity index (χ0n) is 9.02. The minimum absolute atomic E-state index is 0.286. The number of aromatic nitrogens is 1. The Morgan fingerprint density at radius 1 is 1.47 bits per heavy atom. The van der Waals surface area contributed by atoms with Crippen LogP contribution in [0.2, 0.25) is 5.02 Å². The molecule has 2 aromatic rings. The molecule has 1 fully saturated rings. The Morgan fingerprint density at radius 2 is 2.24 bits per heavy atom. The lowest BCUT2D eigenvalue weighted by atomic mass is 10.2. The van der Waals surface area contributed by atoms with E-state index in [2.05, 4.69) is 4.98 Å². The molecule has 3 rings (SSSR count). The molecule has 17 heavy (non-hydrogen) atoms. The molecule has 1 unspecified atom stereocenters. The van der Waals surface area contributed by atoms with E-state index in [1.165, 1.54) is 0 Å². The second-order valence-corrected chi connectivity index (χ2v) is 4.74. The van der Waals surface area contributed by atoms with E-state index in [1.807, 2.05) is 0 Å². The number of fused-ring (bicyclic) bond motifs is 1. The molecular weight excluding hydrogens is 240 g/mol. The Balaban J connectivity index is 2.20. The highest BCUT2D eigenvalue weighted by atomic mass is 35.5. The molecule has 1 aliphatic rings. The maximum Gasteiger partial charge on any atom is 0.348 e. The minimum atomic E-state index is -0.466. The monoisotopic (exact) mass is 250 g/mol. The van der Waals surface area contributed by atoms with Gasteiger partial charge in [-0.1, -0.05) is 17.7 Å². The molecule has 0 spiro atoms. The van der Waals surface area contributed by atoms with E-state index in [-0.39, 0.29) is 6.04 Å². The average Bonchev–Trinajstić information content (AvgIpc) is 3.11. The third-order valence-electron chi connectivity index (χ3n) is 3.04. The van der Waals surface area contributed by atoms with Gasteiger partial charge in [-0.3, -0.25) is 0 Å². The molecule has 0 aliphatic heterocycles. The van der Waals surface area contributed by atoms with Crippen molar-refractivity contribution in [3.8, 4) is 0 Å². The largest absolute Gasteiger partial charge is 0.406 e. The molecular formula is C12H11ClN2O2. The molecule has 1 atom stereocenters. The first-order valence-corrected chi connectivity index (χ1v) is 5.89. The molecule has 4 nitrogen and oxygen atoms in total. The van der Waals surface area contributed by atoms with Crippen LogP contribution >= 0.6 is 11.6 Å². The summed E-state index contributed by atoms with van der Waals surface area (Å²) in [4.78, 5) is 16.1. The zero-order valence-corrected chi connectivity index (χ0v) is 9.78. The molecule has 5 heteroatoms. The van der Waals surface area contributed by atoms with Crippen molar-refractivity contribution in [1.82, 2.24) is 4.98 Å². The molecule has 0 bridgehead atoms. The summed E-state index contributed by atoms with van der Waals surface area (Å²) in [6.07, 6.45) is 2.14. The molecule has 1 saturated carbocycles. The van der Waals surface area contributed by atoms with Crippen LogP contribution in [-0.4, -0.2) is 4.98 Å². The van der Waals surface area contributed by atoms with Gasteiger partial charge in [0.15, 0.2) is 0 Å². The summed E-state index contributed by atoms with van der Waals surface area (Å²) < 4.78 is 5.16. The van der Waals surface area contributed by atoms with Gasteiger partial charge in [0.25, 0.3) is 0 Å². The standard InChI is InChI=1S/C12H11ClN2O2/c13-7-2-1-3-8-9(7)12(16)17-11(15-8)10(14)6-4-5-6/h1-3,6,10H,4-5,14H2. The van der Waals surface area contributed by atoms with Crippen molar-refractivity contribution in [1.29, 1.82) is 0 Å². The van der Waals surface area contributed by atoms with Crippen LogP contribution < -0.4 is 11.4 Å². The third-order valence-corrected chi connectivity index (χ3v) is 3.35. The van der Waals surface area contributed by atoms with E-state index in [1.54, 1.807) is 18.2 Å². The Labute approximate surface area is 102 Å². The second-order valence-electron chi connectivity index (χ2n) is 4.34. The van der Waals surface area contributed by atoms with Gasteiger partial charge in [0.05, 0.1) is 16.6 Å². The van der Waals surface area contributed by atoms with Crippen molar-refractivity contribution in [2.75, 3.05) is 0 Å². The molecule has 1 aliphatic carbocycles. The van der Waals surface area contributed by atoms with Crippen LogP contribution in [0, 0.1) is 5.92 Å². The molecule has 88 valence electrons. The normalized spacial score (nSPS) is 17.3. The molecule has 1 aromatic carbocycles. The third kappa shape index (κ3) is 1.83. The van der Waals surface area contributed by atoms with E-state index in [4.69, 9.17) is 21.8 Å². The Bertz CT molecular complexity index is 634. The van der Waals surface area contributed by atoms with E-state index < -0.39 is 5.63 Å². The molecule has 0 amide bonds. The van der Waals surface area contributed by atoms with Gasteiger partial charge in [0.1, 0.15) is 5.39 Å². The first-order chi connectivity index (χ1) is 8.16. The maximum absolute atomic E-state index is 11.8. The highest BCUT2D eigenvalue weighted by Crippen LogP contribution is 2.38. The number of benzene rings is 1. The summed E-state index contributed by atoms with van der Waals surface area (Å²) in [7, 11) is 0. The van der Waals surface area contributed by atoms with E-state index in [0.717, 1.165) is 12.8 Å². The summed E-state index contributed by atoms with van der Waals surface area (Å²) in [5.74, 6) is 0.703. The van der Waals surface area contributed by atoms with Gasteiger partial charge in [-0.25, -0.2) is 9.78 Å². The lowest BCUT2D eigenvalue weighted by Gasteiger charge is -2.08. The van der Waals surface area contributed by atoms with Gasteiger partial charge in [0.2, 0.25) is 5.89 Å². The zero-order chi connectivity index (χ0) is 12.0. The topological polar surface area (TPSA) is 69.1 Å². The fourth-order valence-electron chi connectivity index (χ4n) is 1.90. The number of rotatable bonds is 2. The molecule has 1 aromatic heterocycles. The van der Waals surface area contributed by atoms with E-state index >= 15 is 0 Å². The maximum atomic E-state index is 11.8. The highest BCUT2D eigenvalue weighted by molar-refractivity contribution is 6.35. The highest BCUT2D eigenvalue weighted by Gasteiger charge is 2.32. The van der Waals surface area contributed by atoms with E-state index in [0.29, 0.717) is 27.7 Å². The summed E-state index contributed by atoms with van der Waals surface area (Å²) >= 11 is 5.94. The van der Waals surface area contributed by atoms with Gasteiger partial charge in [-0.2, -0.15) is 0 Å². The fourth-order valence-corrected chi connectivity index (χ4v) is 2.14. The molecule has 0 saturated heterocycles. The minimum Gasteiger partial charge on any atom is -0.406 e. The quantitative estimate of drug-likeness (QED) is 0.888. The molecule has 2 N–H and O–H groups in total. The molecule has 0 radical (unpaired) electrons. The van der Waals surface area contributed by atoms with Crippen LogP contribution in [-0.2, 0) is 0 Å². The van der Waals surface area contributed by atoms with Gasteiger partial charge in [0, 0.05) is 0 Å². The van der Waals surface area contributed by atoms with Crippen molar-refractivity contribution in [3.63, 3.8) is 0 Å². The average molecular weight is 251 g/mol. The molecule has 1 heterocycles. The van der Waals surface area contributed by atoms with Crippen LogP contribution in [0.5, 0.6) is 0 Å². The van der Waals surface area contributed by atoms with Gasteiger partial charge in [-0.05, 0) is 30.9 Å². The first-order valence-electron chi connectivity index (χ1n) is 5.51. The van der Waals surface area contributed by atoms with Crippen molar-refractivity contribution >= 4 is 22.5 Å². The number of nitrogens with zero attached hydrogens (tertiary/aromatic N) is 1. The van der Waals surface area contributed by atoms with Crippen LogP contribution in [0.25, 0.3) is 10.9 Å². The fraction of sp³-hybridized carbons (Fsp3) is 0.333.